The molecule has 1 aliphatic heterocycles. The monoisotopic (exact) mass is 448 g/mol. The lowest BCUT2D eigenvalue weighted by molar-refractivity contribution is -0.155. The SMILES string of the molecule is CC1(C(=O)O)CCCN1C(=O)[C@@H]1C[C@@H]1CNC(=O)OCC1c2ccccc2-c2ccccc21. The van der Waals surface area contributed by atoms with Gasteiger partial charge in [-0.25, -0.2) is 9.59 Å². The van der Waals surface area contributed by atoms with Crippen molar-refractivity contribution >= 4 is 18.0 Å². The average Bonchev–Trinajstić information content (AvgIpc) is 3.38. The summed E-state index contributed by atoms with van der Waals surface area (Å²) in [6.07, 6.45) is 1.34. The molecule has 0 radical (unpaired) electrons. The molecule has 33 heavy (non-hydrogen) atoms. The highest BCUT2D eigenvalue weighted by molar-refractivity contribution is 5.90. The Hall–Kier alpha value is -3.35. The molecule has 0 spiro atoms. The van der Waals surface area contributed by atoms with E-state index < -0.39 is 17.6 Å². The third-order valence-corrected chi connectivity index (χ3v) is 7.46. The number of benzene rings is 2. The van der Waals surface area contributed by atoms with E-state index >= 15 is 0 Å². The molecule has 2 aliphatic carbocycles. The molecule has 2 fully saturated rings. The average molecular weight is 449 g/mol. The van der Waals surface area contributed by atoms with Crippen LogP contribution in [0.4, 0.5) is 4.79 Å². The van der Waals surface area contributed by atoms with Gasteiger partial charge >= 0.3 is 12.1 Å². The van der Waals surface area contributed by atoms with Gasteiger partial charge in [0.05, 0.1) is 0 Å². The first-order chi connectivity index (χ1) is 15.9. The van der Waals surface area contributed by atoms with E-state index in [4.69, 9.17) is 4.74 Å². The van der Waals surface area contributed by atoms with Gasteiger partial charge in [-0.15, -0.1) is 0 Å². The molecular weight excluding hydrogens is 420 g/mol. The number of aliphatic carboxylic acids is 1. The van der Waals surface area contributed by atoms with E-state index in [1.165, 1.54) is 16.0 Å². The maximum atomic E-state index is 12.8. The molecule has 3 atom stereocenters. The first-order valence-electron chi connectivity index (χ1n) is 11.5. The summed E-state index contributed by atoms with van der Waals surface area (Å²) in [7, 11) is 0. The number of nitrogens with zero attached hydrogens (tertiary/aromatic N) is 1. The summed E-state index contributed by atoms with van der Waals surface area (Å²) in [5.74, 6) is -1.27. The van der Waals surface area contributed by atoms with Gasteiger partial charge in [0.25, 0.3) is 0 Å². The fourth-order valence-electron chi connectivity index (χ4n) is 5.38. The quantitative estimate of drug-likeness (QED) is 0.704. The van der Waals surface area contributed by atoms with Crippen molar-refractivity contribution in [2.24, 2.45) is 11.8 Å². The highest BCUT2D eigenvalue weighted by Gasteiger charge is 2.52. The predicted octanol–water partition coefficient (Wildman–Crippen LogP) is 3.63. The first kappa shape index (κ1) is 21.5. The Bertz CT molecular complexity index is 1070. The number of hydrogen-bond acceptors (Lipinski definition) is 4. The van der Waals surface area contributed by atoms with Crippen molar-refractivity contribution in [2.75, 3.05) is 19.7 Å². The second-order valence-electron chi connectivity index (χ2n) is 9.48. The number of amides is 2. The summed E-state index contributed by atoms with van der Waals surface area (Å²) in [6, 6.07) is 16.4. The molecule has 7 nitrogen and oxygen atoms in total. The summed E-state index contributed by atoms with van der Waals surface area (Å²) in [5.41, 5.74) is 3.55. The van der Waals surface area contributed by atoms with Crippen molar-refractivity contribution in [3.05, 3.63) is 59.7 Å². The van der Waals surface area contributed by atoms with Gasteiger partial charge in [-0.2, -0.15) is 0 Å². The number of carboxylic acid groups (broad SMARTS) is 1. The summed E-state index contributed by atoms with van der Waals surface area (Å²) in [6.45, 7) is 2.69. The zero-order valence-corrected chi connectivity index (χ0v) is 18.6. The van der Waals surface area contributed by atoms with Crippen LogP contribution in [0.5, 0.6) is 0 Å². The lowest BCUT2D eigenvalue weighted by Gasteiger charge is -2.31. The van der Waals surface area contributed by atoms with E-state index in [9.17, 15) is 19.5 Å². The van der Waals surface area contributed by atoms with E-state index in [1.807, 2.05) is 24.3 Å². The van der Waals surface area contributed by atoms with Gasteiger partial charge < -0.3 is 20.1 Å². The van der Waals surface area contributed by atoms with Gasteiger partial charge in [0.1, 0.15) is 12.1 Å². The summed E-state index contributed by atoms with van der Waals surface area (Å²) in [5, 5.41) is 12.3. The molecule has 7 heteroatoms. The van der Waals surface area contributed by atoms with Crippen LogP contribution >= 0.6 is 0 Å². The molecule has 2 aromatic carbocycles. The maximum absolute atomic E-state index is 12.8. The Morgan fingerprint density at radius 2 is 1.73 bits per heavy atom. The number of likely N-dealkylation sites (tertiary alicyclic amines) is 1. The van der Waals surface area contributed by atoms with Crippen molar-refractivity contribution in [3.63, 3.8) is 0 Å². The van der Waals surface area contributed by atoms with Crippen molar-refractivity contribution in [3.8, 4) is 11.1 Å². The zero-order valence-electron chi connectivity index (χ0n) is 18.6. The van der Waals surface area contributed by atoms with Crippen LogP contribution in [-0.2, 0) is 14.3 Å². The molecule has 0 aromatic heterocycles. The molecule has 172 valence electrons. The minimum Gasteiger partial charge on any atom is -0.480 e. The minimum absolute atomic E-state index is 0.00210. The Balaban J connectivity index is 1.13. The molecular formula is C26H28N2O5. The molecule has 1 saturated carbocycles. The molecule has 3 aliphatic rings. The second-order valence-corrected chi connectivity index (χ2v) is 9.48. The van der Waals surface area contributed by atoms with Gasteiger partial charge in [-0.1, -0.05) is 48.5 Å². The van der Waals surface area contributed by atoms with Gasteiger partial charge in [0.15, 0.2) is 0 Å². The largest absolute Gasteiger partial charge is 0.480 e. The maximum Gasteiger partial charge on any atom is 0.407 e. The number of carboxylic acids is 1. The van der Waals surface area contributed by atoms with E-state index in [0.717, 1.165) is 11.1 Å². The molecule has 1 unspecified atom stereocenters. The summed E-state index contributed by atoms with van der Waals surface area (Å²) in [4.78, 5) is 38.4. The number of hydrogen-bond donors (Lipinski definition) is 2. The molecule has 2 N–H and O–H groups in total. The molecule has 2 amide bonds. The van der Waals surface area contributed by atoms with Crippen molar-refractivity contribution in [1.29, 1.82) is 0 Å². The molecule has 1 heterocycles. The molecule has 2 aromatic rings. The van der Waals surface area contributed by atoms with Gasteiger partial charge in [-0.05, 0) is 54.4 Å². The standard InChI is InChI=1S/C26H28N2O5/c1-26(24(30)31)11-6-12-28(26)23(29)21-13-16(21)14-27-25(32)33-15-22-19-9-4-2-7-17(19)18-8-3-5-10-20(18)22/h2-5,7-10,16,21-22H,6,11-15H2,1H3,(H,27,32)(H,30,31)/t16-,21-,26?/m1/s1. The van der Waals surface area contributed by atoms with Crippen LogP contribution in [0, 0.1) is 11.8 Å². The number of rotatable bonds is 6. The van der Waals surface area contributed by atoms with Crippen LogP contribution in [0.25, 0.3) is 11.1 Å². The van der Waals surface area contributed by atoms with Crippen LogP contribution in [0.15, 0.2) is 48.5 Å². The predicted molar refractivity (Wildman–Crippen MR) is 122 cm³/mol. The third-order valence-electron chi connectivity index (χ3n) is 7.46. The number of carbonyl (C=O) groups excluding carboxylic acids is 2. The van der Waals surface area contributed by atoms with Crippen LogP contribution in [0.1, 0.15) is 43.2 Å². The fourth-order valence-corrected chi connectivity index (χ4v) is 5.38. The van der Waals surface area contributed by atoms with Crippen molar-refractivity contribution < 1.29 is 24.2 Å². The lowest BCUT2D eigenvalue weighted by Crippen LogP contribution is -2.51. The smallest absolute Gasteiger partial charge is 0.407 e. The van der Waals surface area contributed by atoms with Gasteiger partial charge in [0.2, 0.25) is 5.91 Å². The molecule has 0 bridgehead atoms. The van der Waals surface area contributed by atoms with E-state index in [2.05, 4.69) is 29.6 Å². The van der Waals surface area contributed by atoms with Crippen molar-refractivity contribution in [1.82, 2.24) is 10.2 Å². The third kappa shape index (κ3) is 3.75. The van der Waals surface area contributed by atoms with E-state index in [1.54, 1.807) is 6.92 Å². The normalized spacial score (nSPS) is 25.3. The number of nitrogens with one attached hydrogen (secondary N) is 1. The zero-order chi connectivity index (χ0) is 23.2. The Morgan fingerprint density at radius 3 is 2.36 bits per heavy atom. The molecule has 5 rings (SSSR count). The van der Waals surface area contributed by atoms with E-state index in [0.29, 0.717) is 32.4 Å². The minimum atomic E-state index is -1.12. The van der Waals surface area contributed by atoms with Crippen molar-refractivity contribution in [2.45, 2.75) is 37.6 Å². The number of ether oxygens (including phenoxy) is 1. The number of fused-ring (bicyclic) bond motifs is 3. The summed E-state index contributed by atoms with van der Waals surface area (Å²) >= 11 is 0. The fraction of sp³-hybridized carbons (Fsp3) is 0.423. The van der Waals surface area contributed by atoms with Crippen LogP contribution in [0.3, 0.4) is 0 Å². The lowest BCUT2D eigenvalue weighted by atomic mass is 9.98. The van der Waals surface area contributed by atoms with Gasteiger partial charge in [0, 0.05) is 24.9 Å². The number of alkyl carbamates (subject to hydrolysis) is 1. The Kier molecular flexibility index (Phi) is 5.35. The second kappa shape index (κ2) is 8.21. The first-order valence-corrected chi connectivity index (χ1v) is 11.5. The summed E-state index contributed by atoms with van der Waals surface area (Å²) < 4.78 is 5.55. The van der Waals surface area contributed by atoms with E-state index in [-0.39, 0.29) is 30.3 Å². The van der Waals surface area contributed by atoms with Crippen LogP contribution in [-0.4, -0.2) is 53.2 Å². The Labute approximate surface area is 192 Å². The topological polar surface area (TPSA) is 95.9 Å². The number of carbonyl (C=O) groups is 3. The van der Waals surface area contributed by atoms with Crippen LogP contribution < -0.4 is 5.32 Å². The van der Waals surface area contributed by atoms with Crippen LogP contribution in [0.2, 0.25) is 0 Å². The highest BCUT2D eigenvalue weighted by Crippen LogP contribution is 2.45. The highest BCUT2D eigenvalue weighted by atomic mass is 16.5. The molecule has 1 saturated heterocycles. The van der Waals surface area contributed by atoms with Gasteiger partial charge in [-0.3, -0.25) is 4.79 Å². The Morgan fingerprint density at radius 1 is 1.09 bits per heavy atom.